The van der Waals surface area contributed by atoms with E-state index >= 15 is 0 Å². The number of rotatable bonds is 2. The normalized spacial score (nSPS) is 11.5. The second-order valence-electron chi connectivity index (χ2n) is 3.65. The van der Waals surface area contributed by atoms with Crippen LogP contribution in [0.25, 0.3) is 11.0 Å². The van der Waals surface area contributed by atoms with Gasteiger partial charge in [0, 0.05) is 5.39 Å². The fourth-order valence-electron chi connectivity index (χ4n) is 1.51. The van der Waals surface area contributed by atoms with Crippen LogP contribution < -0.4 is 16.7 Å². The van der Waals surface area contributed by atoms with Crippen molar-refractivity contribution in [2.24, 2.45) is 10.8 Å². The van der Waals surface area contributed by atoms with E-state index in [1.807, 2.05) is 17.6 Å². The molecule has 0 atom stereocenters. The number of benzene rings is 1. The zero-order chi connectivity index (χ0) is 13.1. The summed E-state index contributed by atoms with van der Waals surface area (Å²) in [6.45, 7) is 1.39. The largest absolute Gasteiger partial charge is 0.436 e. The molecule has 18 heavy (non-hydrogen) atoms. The van der Waals surface area contributed by atoms with Gasteiger partial charge in [-0.15, -0.1) is 5.10 Å². The van der Waals surface area contributed by atoms with Crippen molar-refractivity contribution in [3.05, 3.63) is 41.4 Å². The molecule has 92 valence electrons. The number of primary amides is 1. The maximum absolute atomic E-state index is 11.5. The van der Waals surface area contributed by atoms with Crippen LogP contribution >= 0.6 is 0 Å². The highest BCUT2D eigenvalue weighted by Gasteiger charge is 2.08. The van der Waals surface area contributed by atoms with Crippen molar-refractivity contribution in [3.8, 4) is 0 Å². The van der Waals surface area contributed by atoms with Crippen LogP contribution in [0.2, 0.25) is 0 Å². The third-order valence-corrected chi connectivity index (χ3v) is 2.30. The molecule has 0 radical (unpaired) electrons. The number of nitrogens with zero attached hydrogens (tertiary/aromatic N) is 1. The zero-order valence-corrected chi connectivity index (χ0v) is 9.64. The molecule has 0 spiro atoms. The van der Waals surface area contributed by atoms with E-state index in [1.165, 1.54) is 6.92 Å². The molecule has 2 rings (SSSR count). The lowest BCUT2D eigenvalue weighted by Crippen LogP contribution is -2.28. The smallest absolute Gasteiger partial charge is 0.332 e. The molecule has 0 aliphatic heterocycles. The van der Waals surface area contributed by atoms with Gasteiger partial charge in [-0.2, -0.15) is 0 Å². The van der Waals surface area contributed by atoms with Gasteiger partial charge in [0.05, 0.1) is 5.56 Å². The monoisotopic (exact) mass is 245 g/mol. The zero-order valence-electron chi connectivity index (χ0n) is 9.64. The van der Waals surface area contributed by atoms with Crippen LogP contribution in [0.3, 0.4) is 0 Å². The van der Waals surface area contributed by atoms with Gasteiger partial charge in [-0.25, -0.2) is 10.2 Å². The number of carbonyl (C=O) groups is 2. The number of para-hydroxylation sites is 1. The molecular formula is C12H11N3O3. The lowest BCUT2D eigenvalue weighted by molar-refractivity contribution is 0.101. The predicted octanol–water partition coefficient (Wildman–Crippen LogP) is 1.12. The van der Waals surface area contributed by atoms with E-state index in [1.54, 1.807) is 18.2 Å². The molecule has 0 fully saturated rings. The summed E-state index contributed by atoms with van der Waals surface area (Å²) < 4.78 is 5.45. The van der Waals surface area contributed by atoms with Gasteiger partial charge in [-0.3, -0.25) is 4.79 Å². The number of urea groups is 1. The summed E-state index contributed by atoms with van der Waals surface area (Å²) in [6, 6.07) is 8.01. The molecule has 0 saturated heterocycles. The van der Waals surface area contributed by atoms with E-state index in [0.717, 1.165) is 5.39 Å². The molecule has 6 nitrogen and oxygen atoms in total. The molecule has 6 heteroatoms. The quantitative estimate of drug-likeness (QED) is 0.612. The molecule has 1 aromatic heterocycles. The van der Waals surface area contributed by atoms with Crippen molar-refractivity contribution < 1.29 is 14.0 Å². The average molecular weight is 245 g/mol. The van der Waals surface area contributed by atoms with Gasteiger partial charge < -0.3 is 10.2 Å². The topological polar surface area (TPSA) is 97.7 Å². The SMILES string of the molecule is CC(=O)c1cc2ccccc2oc1=NNC(N)=O. The van der Waals surface area contributed by atoms with E-state index < -0.39 is 6.03 Å². The number of carbonyl (C=O) groups excluding carboxylic acids is 2. The number of nitrogens with one attached hydrogen (secondary N) is 1. The molecule has 1 aromatic carbocycles. The Hall–Kier alpha value is -2.63. The Kier molecular flexibility index (Phi) is 3.09. The van der Waals surface area contributed by atoms with Crippen molar-refractivity contribution in [2.45, 2.75) is 6.92 Å². The summed E-state index contributed by atoms with van der Waals surface area (Å²) in [4.78, 5) is 22.1. The molecule has 0 unspecified atom stereocenters. The molecule has 0 bridgehead atoms. The second-order valence-corrected chi connectivity index (χ2v) is 3.65. The fourth-order valence-corrected chi connectivity index (χ4v) is 1.51. The Bertz CT molecular complexity index is 688. The highest BCUT2D eigenvalue weighted by Crippen LogP contribution is 2.12. The molecule has 3 N–H and O–H groups in total. The maximum Gasteiger partial charge on any atom is 0.332 e. The fraction of sp³-hybridized carbons (Fsp3) is 0.0833. The lowest BCUT2D eigenvalue weighted by atomic mass is 10.1. The summed E-state index contributed by atoms with van der Waals surface area (Å²) >= 11 is 0. The van der Waals surface area contributed by atoms with Crippen molar-refractivity contribution in [3.63, 3.8) is 0 Å². The highest BCUT2D eigenvalue weighted by atomic mass is 16.3. The first kappa shape index (κ1) is 11.8. The van der Waals surface area contributed by atoms with Crippen molar-refractivity contribution in [2.75, 3.05) is 0 Å². The molecular weight excluding hydrogens is 234 g/mol. The van der Waals surface area contributed by atoms with Gasteiger partial charge in [0.25, 0.3) is 0 Å². The highest BCUT2D eigenvalue weighted by molar-refractivity contribution is 5.96. The van der Waals surface area contributed by atoms with Gasteiger partial charge in [0.15, 0.2) is 5.78 Å². The Morgan fingerprint density at radius 2 is 2.06 bits per heavy atom. The van der Waals surface area contributed by atoms with Gasteiger partial charge in [0.2, 0.25) is 5.55 Å². The molecule has 2 amide bonds. The Morgan fingerprint density at radius 1 is 1.33 bits per heavy atom. The van der Waals surface area contributed by atoms with E-state index in [2.05, 4.69) is 5.10 Å². The van der Waals surface area contributed by atoms with Crippen LogP contribution in [-0.4, -0.2) is 11.8 Å². The predicted molar refractivity (Wildman–Crippen MR) is 64.5 cm³/mol. The number of amides is 2. The summed E-state index contributed by atoms with van der Waals surface area (Å²) in [5.74, 6) is -0.213. The van der Waals surface area contributed by atoms with Crippen LogP contribution in [-0.2, 0) is 0 Å². The summed E-state index contributed by atoms with van der Waals surface area (Å²) in [7, 11) is 0. The van der Waals surface area contributed by atoms with Crippen LogP contribution in [0.4, 0.5) is 4.79 Å². The number of fused-ring (bicyclic) bond motifs is 1. The average Bonchev–Trinajstić information content (AvgIpc) is 2.35. The number of nitrogens with two attached hydrogens (primary N) is 1. The summed E-state index contributed by atoms with van der Waals surface area (Å²) in [5, 5.41) is 4.44. The van der Waals surface area contributed by atoms with Crippen LogP contribution in [0.1, 0.15) is 17.3 Å². The standard InChI is InChI=1S/C12H11N3O3/c1-7(16)9-6-8-4-2-3-5-10(8)18-11(9)14-15-12(13)17/h2-6H,1H3,(H3,13,15,17). The van der Waals surface area contributed by atoms with Crippen LogP contribution in [0, 0.1) is 0 Å². The Balaban J connectivity index is 2.69. The minimum atomic E-state index is -0.826. The van der Waals surface area contributed by atoms with Crippen molar-refractivity contribution in [1.29, 1.82) is 0 Å². The Morgan fingerprint density at radius 3 is 2.72 bits per heavy atom. The van der Waals surface area contributed by atoms with Gasteiger partial charge in [-0.05, 0) is 19.1 Å². The Labute approximate surface area is 102 Å². The minimum absolute atomic E-state index is 0.0278. The first-order chi connectivity index (χ1) is 8.58. The van der Waals surface area contributed by atoms with Crippen molar-refractivity contribution in [1.82, 2.24) is 5.43 Å². The maximum atomic E-state index is 11.5. The number of ketones is 1. The summed E-state index contributed by atoms with van der Waals surface area (Å²) in [6.07, 6.45) is 0. The third-order valence-electron chi connectivity index (χ3n) is 2.30. The number of hydrogen-bond donors (Lipinski definition) is 2. The molecule has 2 aromatic rings. The third kappa shape index (κ3) is 2.37. The van der Waals surface area contributed by atoms with Gasteiger partial charge in [-0.1, -0.05) is 18.2 Å². The molecule has 1 heterocycles. The van der Waals surface area contributed by atoms with E-state index in [0.29, 0.717) is 5.58 Å². The number of hydrogen-bond acceptors (Lipinski definition) is 4. The first-order valence-corrected chi connectivity index (χ1v) is 5.21. The van der Waals surface area contributed by atoms with Crippen LogP contribution in [0.5, 0.6) is 0 Å². The van der Waals surface area contributed by atoms with E-state index in [9.17, 15) is 9.59 Å². The molecule has 0 aliphatic rings. The minimum Gasteiger partial charge on any atom is -0.436 e. The number of Topliss-reactive ketones (excluding diaryl/α,β-unsaturated/α-hetero) is 1. The first-order valence-electron chi connectivity index (χ1n) is 5.21. The lowest BCUT2D eigenvalue weighted by Gasteiger charge is -2.01. The molecule has 0 saturated carbocycles. The van der Waals surface area contributed by atoms with Crippen LogP contribution in [0.15, 0.2) is 39.9 Å². The second kappa shape index (κ2) is 4.70. The van der Waals surface area contributed by atoms with Gasteiger partial charge in [0.1, 0.15) is 5.58 Å². The van der Waals surface area contributed by atoms with E-state index in [4.69, 9.17) is 10.2 Å². The van der Waals surface area contributed by atoms with E-state index in [-0.39, 0.29) is 16.9 Å². The molecule has 0 aliphatic carbocycles. The van der Waals surface area contributed by atoms with Gasteiger partial charge >= 0.3 is 6.03 Å². The summed E-state index contributed by atoms with van der Waals surface area (Å²) in [5.41, 5.74) is 7.82. The van der Waals surface area contributed by atoms with Crippen molar-refractivity contribution >= 4 is 22.8 Å².